The van der Waals surface area contributed by atoms with Crippen molar-refractivity contribution in [3.8, 4) is 5.75 Å². The number of aryl methyl sites for hydroxylation is 1. The van der Waals surface area contributed by atoms with Gasteiger partial charge in [0.1, 0.15) is 22.2 Å². The summed E-state index contributed by atoms with van der Waals surface area (Å²) in [6.45, 7) is 4.43. The number of ether oxygens (including phenoxy) is 1. The Morgan fingerprint density at radius 2 is 1.90 bits per heavy atom. The molecule has 8 heteroatoms. The topological polar surface area (TPSA) is 80.3 Å². The molecule has 6 nitrogen and oxygen atoms in total. The average Bonchev–Trinajstić information content (AvgIpc) is 3.09. The molecular formula is C21H20ClN3O3S. The van der Waals surface area contributed by atoms with Gasteiger partial charge in [-0.1, -0.05) is 17.7 Å². The minimum atomic E-state index is -0.272. The lowest BCUT2D eigenvalue weighted by Crippen LogP contribution is -2.22. The van der Waals surface area contributed by atoms with Crippen molar-refractivity contribution in [2.45, 2.75) is 20.5 Å². The maximum absolute atomic E-state index is 12.7. The third-order valence-electron chi connectivity index (χ3n) is 3.94. The van der Waals surface area contributed by atoms with Crippen molar-refractivity contribution in [1.82, 2.24) is 10.3 Å². The minimum absolute atomic E-state index is 0.181. The number of anilines is 1. The number of halogens is 1. The molecule has 0 aliphatic heterocycles. The first-order chi connectivity index (χ1) is 14.0. The molecule has 2 aromatic carbocycles. The van der Waals surface area contributed by atoms with Crippen molar-refractivity contribution < 1.29 is 14.3 Å². The van der Waals surface area contributed by atoms with Gasteiger partial charge in [-0.2, -0.15) is 0 Å². The van der Waals surface area contributed by atoms with E-state index < -0.39 is 0 Å². The van der Waals surface area contributed by atoms with Crippen LogP contribution in [0.15, 0.2) is 48.5 Å². The summed E-state index contributed by atoms with van der Waals surface area (Å²) in [6, 6.07) is 13.9. The van der Waals surface area contributed by atoms with E-state index in [0.717, 1.165) is 0 Å². The molecule has 0 atom stereocenters. The fourth-order valence-corrected chi connectivity index (χ4v) is 3.59. The number of rotatable bonds is 7. The molecule has 0 radical (unpaired) electrons. The maximum atomic E-state index is 12.7. The molecule has 0 bridgehead atoms. The highest BCUT2D eigenvalue weighted by atomic mass is 35.5. The molecule has 0 saturated carbocycles. The van der Waals surface area contributed by atoms with Gasteiger partial charge in [0.2, 0.25) is 0 Å². The summed E-state index contributed by atoms with van der Waals surface area (Å²) in [7, 11) is 0. The predicted molar refractivity (Wildman–Crippen MR) is 115 cm³/mol. The molecule has 3 rings (SSSR count). The van der Waals surface area contributed by atoms with Gasteiger partial charge in [-0.3, -0.25) is 9.59 Å². The van der Waals surface area contributed by atoms with Crippen LogP contribution < -0.4 is 15.4 Å². The van der Waals surface area contributed by atoms with Crippen LogP contribution in [0.3, 0.4) is 0 Å². The van der Waals surface area contributed by atoms with Crippen LogP contribution >= 0.6 is 22.9 Å². The number of hydrogen-bond acceptors (Lipinski definition) is 5. The lowest BCUT2D eigenvalue weighted by atomic mass is 10.2. The number of hydrogen-bond donors (Lipinski definition) is 2. The number of carbonyl (C=O) groups is 2. The second-order valence-corrected chi connectivity index (χ2v) is 7.68. The van der Waals surface area contributed by atoms with E-state index in [0.29, 0.717) is 44.1 Å². The van der Waals surface area contributed by atoms with Crippen LogP contribution in [0.1, 0.15) is 37.7 Å². The summed E-state index contributed by atoms with van der Waals surface area (Å²) >= 11 is 7.14. The van der Waals surface area contributed by atoms with Crippen molar-refractivity contribution in [2.75, 3.05) is 11.9 Å². The lowest BCUT2D eigenvalue weighted by molar-refractivity contribution is 0.0954. The molecule has 0 aliphatic carbocycles. The van der Waals surface area contributed by atoms with E-state index in [4.69, 9.17) is 16.3 Å². The lowest BCUT2D eigenvalue weighted by Gasteiger charge is -2.07. The average molecular weight is 430 g/mol. The Morgan fingerprint density at radius 1 is 1.14 bits per heavy atom. The molecule has 0 spiro atoms. The zero-order chi connectivity index (χ0) is 20.8. The molecule has 0 saturated heterocycles. The van der Waals surface area contributed by atoms with Crippen molar-refractivity contribution in [3.05, 3.63) is 74.7 Å². The van der Waals surface area contributed by atoms with Crippen LogP contribution in [-0.2, 0) is 6.61 Å². The normalized spacial score (nSPS) is 10.4. The Bertz CT molecular complexity index is 1020. The summed E-state index contributed by atoms with van der Waals surface area (Å²) in [4.78, 5) is 29.6. The number of amides is 2. The van der Waals surface area contributed by atoms with Crippen LogP contribution in [-0.4, -0.2) is 23.3 Å². The summed E-state index contributed by atoms with van der Waals surface area (Å²) < 4.78 is 5.69. The molecule has 2 amide bonds. The Balaban J connectivity index is 1.66. The van der Waals surface area contributed by atoms with E-state index in [1.165, 1.54) is 11.3 Å². The highest BCUT2D eigenvalue weighted by Crippen LogP contribution is 2.23. The number of aromatic nitrogens is 1. The molecule has 0 aliphatic rings. The van der Waals surface area contributed by atoms with Crippen LogP contribution in [0.5, 0.6) is 5.75 Å². The largest absolute Gasteiger partial charge is 0.486 e. The first-order valence-corrected chi connectivity index (χ1v) is 10.2. The van der Waals surface area contributed by atoms with Crippen LogP contribution in [0.4, 0.5) is 5.69 Å². The molecule has 2 N–H and O–H groups in total. The summed E-state index contributed by atoms with van der Waals surface area (Å²) in [5.74, 6) is 0.223. The van der Waals surface area contributed by atoms with Gasteiger partial charge in [0.15, 0.2) is 0 Å². The van der Waals surface area contributed by atoms with Crippen molar-refractivity contribution in [2.24, 2.45) is 0 Å². The molecule has 150 valence electrons. The van der Waals surface area contributed by atoms with Crippen molar-refractivity contribution >= 4 is 40.4 Å². The van der Waals surface area contributed by atoms with E-state index in [1.54, 1.807) is 55.5 Å². The van der Waals surface area contributed by atoms with E-state index in [-0.39, 0.29) is 18.4 Å². The third-order valence-corrected chi connectivity index (χ3v) is 5.32. The van der Waals surface area contributed by atoms with Crippen LogP contribution in [0.25, 0.3) is 0 Å². The fraction of sp³-hybridized carbons (Fsp3) is 0.190. The minimum Gasteiger partial charge on any atom is -0.486 e. The SMILES string of the molecule is CCNC(=O)c1cccc(NC(=O)c2sc(COc3ccc(Cl)cc3)nc2C)c1. The standard InChI is InChI=1S/C21H20ClN3O3S/c1-3-23-20(26)14-5-4-6-16(11-14)25-21(27)19-13(2)24-18(29-19)12-28-17-9-7-15(22)8-10-17/h4-11H,3,12H2,1-2H3,(H,23,26)(H,25,27). The number of thiazole rings is 1. The highest BCUT2D eigenvalue weighted by Gasteiger charge is 2.16. The number of benzene rings is 2. The van der Waals surface area contributed by atoms with Crippen LogP contribution in [0.2, 0.25) is 5.02 Å². The predicted octanol–water partition coefficient (Wildman–Crippen LogP) is 4.69. The third kappa shape index (κ3) is 5.56. The Morgan fingerprint density at radius 3 is 2.62 bits per heavy atom. The highest BCUT2D eigenvalue weighted by molar-refractivity contribution is 7.13. The monoisotopic (exact) mass is 429 g/mol. The Kier molecular flexibility index (Phi) is 6.85. The van der Waals surface area contributed by atoms with E-state index >= 15 is 0 Å². The van der Waals surface area contributed by atoms with Gasteiger partial charge >= 0.3 is 0 Å². The van der Waals surface area contributed by atoms with E-state index in [9.17, 15) is 9.59 Å². The summed E-state index contributed by atoms with van der Waals surface area (Å²) in [5, 5.41) is 6.89. The quantitative estimate of drug-likeness (QED) is 0.571. The van der Waals surface area contributed by atoms with E-state index in [1.807, 2.05) is 6.92 Å². The van der Waals surface area contributed by atoms with Gasteiger partial charge in [0, 0.05) is 22.8 Å². The first-order valence-electron chi connectivity index (χ1n) is 9.00. The summed E-state index contributed by atoms with van der Waals surface area (Å²) in [5.41, 5.74) is 1.66. The van der Waals surface area contributed by atoms with Crippen molar-refractivity contribution in [3.63, 3.8) is 0 Å². The van der Waals surface area contributed by atoms with E-state index in [2.05, 4.69) is 15.6 Å². The number of nitrogens with zero attached hydrogens (tertiary/aromatic N) is 1. The van der Waals surface area contributed by atoms with Gasteiger partial charge in [-0.05, 0) is 56.3 Å². The second kappa shape index (κ2) is 9.54. The van der Waals surface area contributed by atoms with Gasteiger partial charge in [-0.25, -0.2) is 4.98 Å². The zero-order valence-electron chi connectivity index (χ0n) is 16.0. The molecule has 0 unspecified atom stereocenters. The molecule has 29 heavy (non-hydrogen) atoms. The fourth-order valence-electron chi connectivity index (χ4n) is 2.59. The van der Waals surface area contributed by atoms with Crippen LogP contribution in [0, 0.1) is 6.92 Å². The number of carbonyl (C=O) groups excluding carboxylic acids is 2. The molecule has 1 heterocycles. The molecule has 3 aromatic rings. The molecule has 0 fully saturated rings. The molecule has 1 aromatic heterocycles. The Hall–Kier alpha value is -2.90. The Labute approximate surface area is 177 Å². The zero-order valence-corrected chi connectivity index (χ0v) is 17.6. The number of nitrogens with one attached hydrogen (secondary N) is 2. The van der Waals surface area contributed by atoms with Crippen molar-refractivity contribution in [1.29, 1.82) is 0 Å². The van der Waals surface area contributed by atoms with Gasteiger partial charge in [0.05, 0.1) is 5.69 Å². The first kappa shape index (κ1) is 20.8. The molecular weight excluding hydrogens is 410 g/mol. The van der Waals surface area contributed by atoms with Gasteiger partial charge < -0.3 is 15.4 Å². The second-order valence-electron chi connectivity index (χ2n) is 6.16. The van der Waals surface area contributed by atoms with Gasteiger partial charge in [-0.15, -0.1) is 11.3 Å². The van der Waals surface area contributed by atoms with Gasteiger partial charge in [0.25, 0.3) is 11.8 Å². The smallest absolute Gasteiger partial charge is 0.267 e. The maximum Gasteiger partial charge on any atom is 0.267 e. The summed E-state index contributed by atoms with van der Waals surface area (Å²) in [6.07, 6.45) is 0.